The van der Waals surface area contributed by atoms with Crippen LogP contribution in [-0.2, 0) is 0 Å². The van der Waals surface area contributed by atoms with Crippen LogP contribution in [0.4, 0.5) is 5.69 Å². The summed E-state index contributed by atoms with van der Waals surface area (Å²) in [5, 5.41) is 8.29. The van der Waals surface area contributed by atoms with Crippen LogP contribution in [0.1, 0.15) is 30.0 Å². The largest absolute Gasteiger partial charge is 0.456 e. The zero-order chi connectivity index (χ0) is 27.6. The van der Waals surface area contributed by atoms with E-state index in [9.17, 15) is 0 Å². The highest BCUT2D eigenvalue weighted by Gasteiger charge is 2.24. The molecule has 2 aliphatic rings. The van der Waals surface area contributed by atoms with E-state index in [1.165, 1.54) is 32.9 Å². The molecule has 1 N–H and O–H groups in total. The van der Waals surface area contributed by atoms with Crippen LogP contribution < -0.4 is 5.32 Å². The molecule has 5 aromatic carbocycles. The van der Waals surface area contributed by atoms with Gasteiger partial charge in [-0.05, 0) is 73.0 Å². The van der Waals surface area contributed by atoms with E-state index in [0.29, 0.717) is 0 Å². The number of nitrogens with one attached hydrogen (secondary N) is 1. The van der Waals surface area contributed by atoms with Gasteiger partial charge in [0.2, 0.25) is 0 Å². The molecule has 0 saturated heterocycles. The number of nitrogens with zero attached hydrogens (tertiary/aromatic N) is 2. The van der Waals surface area contributed by atoms with Gasteiger partial charge >= 0.3 is 0 Å². The number of furan rings is 1. The molecule has 1 atom stereocenters. The second-order valence-corrected chi connectivity index (χ2v) is 11.1. The molecule has 4 nitrogen and oxygen atoms in total. The maximum Gasteiger partial charge on any atom is 0.136 e. The van der Waals surface area contributed by atoms with Gasteiger partial charge in [0.05, 0.1) is 11.0 Å². The number of fused-ring (bicyclic) bond motifs is 7. The molecule has 0 amide bonds. The summed E-state index contributed by atoms with van der Waals surface area (Å²) in [5.74, 6) is 0.902. The summed E-state index contributed by atoms with van der Waals surface area (Å²) < 4.78 is 8.61. The van der Waals surface area contributed by atoms with E-state index in [4.69, 9.17) is 9.41 Å². The second kappa shape index (κ2) is 9.08. The van der Waals surface area contributed by atoms with Crippen molar-refractivity contribution in [3.05, 3.63) is 144 Å². The molecule has 7 aromatic rings. The predicted molar refractivity (Wildman–Crippen MR) is 174 cm³/mol. The highest BCUT2D eigenvalue weighted by molar-refractivity contribution is 6.17. The Morgan fingerprint density at radius 1 is 0.690 bits per heavy atom. The van der Waals surface area contributed by atoms with E-state index < -0.39 is 0 Å². The first-order valence-electron chi connectivity index (χ1n) is 14.6. The average molecular weight is 542 g/mol. The highest BCUT2D eigenvalue weighted by Crippen LogP contribution is 2.40. The number of rotatable bonds is 3. The summed E-state index contributed by atoms with van der Waals surface area (Å²) in [4.78, 5) is 5.24. The fourth-order valence-corrected chi connectivity index (χ4v) is 6.68. The van der Waals surface area contributed by atoms with Gasteiger partial charge in [-0.3, -0.25) is 4.99 Å². The third kappa shape index (κ3) is 3.52. The van der Waals surface area contributed by atoms with Crippen molar-refractivity contribution < 1.29 is 4.42 Å². The number of allylic oxidation sites excluding steroid dienone is 2. The van der Waals surface area contributed by atoms with Crippen LogP contribution in [0.5, 0.6) is 0 Å². The molecule has 42 heavy (non-hydrogen) atoms. The third-order valence-corrected chi connectivity index (χ3v) is 8.68. The van der Waals surface area contributed by atoms with Crippen molar-refractivity contribution in [1.82, 2.24) is 4.57 Å². The number of benzene rings is 5. The summed E-state index contributed by atoms with van der Waals surface area (Å²) >= 11 is 0. The predicted octanol–water partition coefficient (Wildman–Crippen LogP) is 9.87. The first kappa shape index (κ1) is 23.4. The number of aromatic nitrogens is 1. The van der Waals surface area contributed by atoms with E-state index in [0.717, 1.165) is 57.6 Å². The zero-order valence-electron chi connectivity index (χ0n) is 22.9. The van der Waals surface area contributed by atoms with Crippen molar-refractivity contribution >= 4 is 55.3 Å². The van der Waals surface area contributed by atoms with Crippen molar-refractivity contribution in [2.75, 3.05) is 5.32 Å². The van der Waals surface area contributed by atoms with Gasteiger partial charge in [0.1, 0.15) is 23.0 Å². The van der Waals surface area contributed by atoms with Crippen LogP contribution in [0.3, 0.4) is 0 Å². The number of hydrogen-bond acceptors (Lipinski definition) is 3. The molecule has 0 fully saturated rings. The molecule has 2 aromatic heterocycles. The Balaban J connectivity index is 1.18. The first-order chi connectivity index (χ1) is 20.8. The maximum absolute atomic E-state index is 6.25. The van der Waals surface area contributed by atoms with Crippen LogP contribution in [0.25, 0.3) is 49.4 Å². The Kier molecular flexibility index (Phi) is 5.05. The molecule has 0 bridgehead atoms. The molecular formula is C38H27N3O. The standard InChI is InChI=1S/C38H27N3O/c1-2-10-24(11-3-1)37-29-14-4-7-15-32(29)39-38(40-37)25-18-20-26(21-19-25)41-33-16-8-5-12-27(33)30-23-36-31(22-34(30)41)28-13-6-9-17-35(28)42-36/h2,4-23,37H,1,3H2,(H,39,40). The molecule has 0 radical (unpaired) electrons. The number of amidine groups is 1. The third-order valence-electron chi connectivity index (χ3n) is 8.68. The van der Waals surface area contributed by atoms with Crippen molar-refractivity contribution in [2.24, 2.45) is 4.99 Å². The molecule has 0 saturated carbocycles. The lowest BCUT2D eigenvalue weighted by Crippen LogP contribution is -2.22. The van der Waals surface area contributed by atoms with Gasteiger partial charge in [-0.15, -0.1) is 0 Å². The summed E-state index contributed by atoms with van der Waals surface area (Å²) in [7, 11) is 0. The lowest BCUT2D eigenvalue weighted by atomic mass is 9.92. The van der Waals surface area contributed by atoms with Crippen LogP contribution in [0.2, 0.25) is 0 Å². The number of anilines is 1. The normalized spacial score (nSPS) is 16.5. The van der Waals surface area contributed by atoms with Crippen LogP contribution in [0.15, 0.2) is 142 Å². The van der Waals surface area contributed by atoms with Gasteiger partial charge in [-0.2, -0.15) is 0 Å². The molecule has 4 heteroatoms. The van der Waals surface area contributed by atoms with E-state index in [2.05, 4.69) is 125 Å². The van der Waals surface area contributed by atoms with Crippen molar-refractivity contribution in [1.29, 1.82) is 0 Å². The van der Waals surface area contributed by atoms with Gasteiger partial charge in [0.15, 0.2) is 0 Å². The van der Waals surface area contributed by atoms with Gasteiger partial charge in [0.25, 0.3) is 0 Å². The van der Waals surface area contributed by atoms with Crippen molar-refractivity contribution in [3.63, 3.8) is 0 Å². The summed E-state index contributed by atoms with van der Waals surface area (Å²) in [5.41, 5.74) is 9.98. The molecule has 3 heterocycles. The summed E-state index contributed by atoms with van der Waals surface area (Å²) in [6.07, 6.45) is 8.99. The lowest BCUT2D eigenvalue weighted by Gasteiger charge is -2.27. The fraction of sp³-hybridized carbons (Fsp3) is 0.0789. The number of hydrogen-bond donors (Lipinski definition) is 1. The second-order valence-electron chi connectivity index (χ2n) is 11.1. The molecule has 9 rings (SSSR count). The quantitative estimate of drug-likeness (QED) is 0.242. The van der Waals surface area contributed by atoms with Gasteiger partial charge in [-0.1, -0.05) is 72.8 Å². The van der Waals surface area contributed by atoms with E-state index in [-0.39, 0.29) is 6.04 Å². The topological polar surface area (TPSA) is 42.5 Å². The monoisotopic (exact) mass is 541 g/mol. The van der Waals surface area contributed by atoms with Gasteiger partial charge in [0, 0.05) is 44.0 Å². The van der Waals surface area contributed by atoms with Crippen LogP contribution >= 0.6 is 0 Å². The van der Waals surface area contributed by atoms with Gasteiger partial charge in [-0.25, -0.2) is 0 Å². The van der Waals surface area contributed by atoms with E-state index >= 15 is 0 Å². The minimum Gasteiger partial charge on any atom is -0.456 e. The average Bonchev–Trinajstić information content (AvgIpc) is 3.58. The fourth-order valence-electron chi connectivity index (χ4n) is 6.68. The summed E-state index contributed by atoms with van der Waals surface area (Å²) in [6, 6.07) is 38.7. The molecule has 1 unspecified atom stereocenters. The lowest BCUT2D eigenvalue weighted by molar-refractivity contribution is 0.669. The molecular weight excluding hydrogens is 514 g/mol. The Hall–Kier alpha value is -5.35. The molecule has 1 aliphatic heterocycles. The maximum atomic E-state index is 6.25. The van der Waals surface area contributed by atoms with Crippen molar-refractivity contribution in [3.8, 4) is 5.69 Å². The number of para-hydroxylation sites is 3. The van der Waals surface area contributed by atoms with Crippen LogP contribution in [-0.4, -0.2) is 10.4 Å². The first-order valence-corrected chi connectivity index (χ1v) is 14.6. The zero-order valence-corrected chi connectivity index (χ0v) is 22.9. The van der Waals surface area contributed by atoms with Crippen LogP contribution in [0, 0.1) is 0 Å². The number of aliphatic imine (C=N–C) groups is 1. The molecule has 0 spiro atoms. The smallest absolute Gasteiger partial charge is 0.136 e. The Morgan fingerprint density at radius 2 is 1.50 bits per heavy atom. The van der Waals surface area contributed by atoms with Crippen molar-refractivity contribution in [2.45, 2.75) is 18.9 Å². The highest BCUT2D eigenvalue weighted by atomic mass is 16.3. The minimum atomic E-state index is -0.00166. The summed E-state index contributed by atoms with van der Waals surface area (Å²) in [6.45, 7) is 0. The van der Waals surface area contributed by atoms with E-state index in [1.54, 1.807) is 0 Å². The SMILES string of the molecule is C1=CC(C2N=C(c3ccc(-n4c5ccccc5c5cc6oc7ccccc7c6cc54)cc3)Nc3ccccc32)=CCC1. The Morgan fingerprint density at radius 3 is 2.38 bits per heavy atom. The molecule has 1 aliphatic carbocycles. The van der Waals surface area contributed by atoms with Gasteiger partial charge < -0.3 is 14.3 Å². The minimum absolute atomic E-state index is 0.00166. The Labute approximate surface area is 242 Å². The molecule has 200 valence electrons. The van der Waals surface area contributed by atoms with E-state index in [1.807, 2.05) is 12.1 Å². The Bertz CT molecular complexity index is 2280.